The van der Waals surface area contributed by atoms with Gasteiger partial charge in [-0.25, -0.2) is 9.79 Å². The smallest absolute Gasteiger partial charge is 0.357 e. The van der Waals surface area contributed by atoms with Crippen molar-refractivity contribution in [2.24, 2.45) is 4.99 Å². The molecule has 0 saturated carbocycles. The predicted molar refractivity (Wildman–Crippen MR) is 85.9 cm³/mol. The van der Waals surface area contributed by atoms with E-state index in [2.05, 4.69) is 4.99 Å². The monoisotopic (exact) mass is 305 g/mol. The van der Waals surface area contributed by atoms with Crippen LogP contribution in [-0.2, 0) is 9.53 Å². The van der Waals surface area contributed by atoms with Gasteiger partial charge in [-0.3, -0.25) is 0 Å². The zero-order chi connectivity index (χ0) is 15.2. The maximum absolute atomic E-state index is 11.9. The quantitative estimate of drug-likeness (QED) is 0.782. The molecule has 0 unspecified atom stereocenters. The highest BCUT2D eigenvalue weighted by Crippen LogP contribution is 2.22. The lowest BCUT2D eigenvalue weighted by atomic mass is 10.1. The summed E-state index contributed by atoms with van der Waals surface area (Å²) in [5, 5.41) is 1.75. The van der Waals surface area contributed by atoms with Gasteiger partial charge in [-0.2, -0.15) is 0 Å². The molecule has 4 nitrogen and oxygen atoms in total. The molecular formula is C16H19NO3S. The zero-order valence-corrected chi connectivity index (χ0v) is 13.3. The molecule has 0 bridgehead atoms. The predicted octanol–water partition coefficient (Wildman–Crippen LogP) is 3.41. The van der Waals surface area contributed by atoms with Crippen molar-refractivity contribution in [2.75, 3.05) is 12.4 Å². The van der Waals surface area contributed by atoms with Crippen LogP contribution in [0.15, 0.2) is 40.4 Å². The van der Waals surface area contributed by atoms with E-state index in [0.29, 0.717) is 12.3 Å². The molecule has 0 atom stereocenters. The Bertz CT molecular complexity index is 561. The summed E-state index contributed by atoms with van der Waals surface area (Å²) >= 11 is 1.55. The fourth-order valence-corrected chi connectivity index (χ4v) is 2.61. The Balaban J connectivity index is 2.14. The minimum Gasteiger partial charge on any atom is -0.494 e. The van der Waals surface area contributed by atoms with Gasteiger partial charge in [-0.15, -0.1) is 11.8 Å². The van der Waals surface area contributed by atoms with Gasteiger partial charge in [0.15, 0.2) is 5.70 Å². The minimum atomic E-state index is -0.374. The number of nitrogens with zero attached hydrogens (tertiary/aromatic N) is 1. The molecule has 0 fully saturated rings. The van der Waals surface area contributed by atoms with Crippen LogP contribution < -0.4 is 4.74 Å². The van der Waals surface area contributed by atoms with Crippen LogP contribution in [0, 0.1) is 0 Å². The minimum absolute atomic E-state index is 0.144. The molecule has 1 aliphatic rings. The van der Waals surface area contributed by atoms with Gasteiger partial charge >= 0.3 is 5.97 Å². The van der Waals surface area contributed by atoms with Crippen molar-refractivity contribution in [1.29, 1.82) is 0 Å². The van der Waals surface area contributed by atoms with Crippen molar-refractivity contribution < 1.29 is 14.3 Å². The number of thioether (sulfide) groups is 1. The van der Waals surface area contributed by atoms with Gasteiger partial charge in [-0.05, 0) is 50.6 Å². The summed E-state index contributed by atoms with van der Waals surface area (Å²) in [4.78, 5) is 16.3. The summed E-state index contributed by atoms with van der Waals surface area (Å²) in [5.74, 6) is 1.20. The van der Waals surface area contributed by atoms with Gasteiger partial charge in [0.1, 0.15) is 5.75 Å². The maximum Gasteiger partial charge on any atom is 0.357 e. The lowest BCUT2D eigenvalue weighted by Crippen LogP contribution is -2.16. The molecule has 2 rings (SSSR count). The Morgan fingerprint density at radius 1 is 1.33 bits per heavy atom. The molecule has 0 saturated heterocycles. The zero-order valence-electron chi connectivity index (χ0n) is 12.5. The van der Waals surface area contributed by atoms with Crippen LogP contribution in [0.5, 0.6) is 5.75 Å². The number of carbonyl (C=O) groups is 1. The van der Waals surface area contributed by atoms with Crippen molar-refractivity contribution >= 4 is 23.4 Å². The third-order valence-corrected chi connectivity index (χ3v) is 3.55. The number of carbonyl (C=O) groups excluding carboxylic acids is 1. The van der Waals surface area contributed by atoms with Gasteiger partial charge < -0.3 is 9.47 Å². The number of rotatable bonds is 5. The van der Waals surface area contributed by atoms with Crippen LogP contribution >= 0.6 is 11.8 Å². The van der Waals surface area contributed by atoms with E-state index in [9.17, 15) is 4.79 Å². The van der Waals surface area contributed by atoms with E-state index in [0.717, 1.165) is 22.8 Å². The average molecular weight is 305 g/mol. The van der Waals surface area contributed by atoms with Crippen molar-refractivity contribution in [3.05, 3.63) is 40.9 Å². The van der Waals surface area contributed by atoms with Gasteiger partial charge in [0.25, 0.3) is 0 Å². The topological polar surface area (TPSA) is 47.9 Å². The SMILES string of the molecule is CCOc1ccc(C2=NC(C(=O)OC(C)C)=CSC2)cc1. The fourth-order valence-electron chi connectivity index (χ4n) is 1.83. The summed E-state index contributed by atoms with van der Waals surface area (Å²) in [6.45, 7) is 6.24. The van der Waals surface area contributed by atoms with Crippen molar-refractivity contribution in [3.8, 4) is 5.75 Å². The van der Waals surface area contributed by atoms with Gasteiger partial charge in [0, 0.05) is 11.2 Å². The summed E-state index contributed by atoms with van der Waals surface area (Å²) in [6, 6.07) is 7.75. The van der Waals surface area contributed by atoms with E-state index in [-0.39, 0.29) is 12.1 Å². The third-order valence-electron chi connectivity index (χ3n) is 2.72. The molecule has 5 heteroatoms. The molecule has 21 heavy (non-hydrogen) atoms. The van der Waals surface area contributed by atoms with E-state index in [1.165, 1.54) is 0 Å². The van der Waals surface area contributed by atoms with Gasteiger partial charge in [0.2, 0.25) is 0 Å². The third kappa shape index (κ3) is 4.36. The molecule has 1 heterocycles. The van der Waals surface area contributed by atoms with E-state index >= 15 is 0 Å². The number of benzene rings is 1. The molecule has 1 aromatic carbocycles. The van der Waals surface area contributed by atoms with Crippen LogP contribution in [0.3, 0.4) is 0 Å². The van der Waals surface area contributed by atoms with Gasteiger partial charge in [-0.1, -0.05) is 0 Å². The lowest BCUT2D eigenvalue weighted by molar-refractivity contribution is -0.142. The lowest BCUT2D eigenvalue weighted by Gasteiger charge is -2.14. The van der Waals surface area contributed by atoms with Crippen LogP contribution in [0.2, 0.25) is 0 Å². The molecule has 112 valence electrons. The van der Waals surface area contributed by atoms with Crippen molar-refractivity contribution in [2.45, 2.75) is 26.9 Å². The van der Waals surface area contributed by atoms with E-state index in [1.807, 2.05) is 45.0 Å². The molecule has 0 aromatic heterocycles. The number of esters is 1. The first kappa shape index (κ1) is 15.6. The van der Waals surface area contributed by atoms with Crippen LogP contribution in [0.1, 0.15) is 26.3 Å². The Morgan fingerprint density at radius 2 is 2.05 bits per heavy atom. The summed E-state index contributed by atoms with van der Waals surface area (Å²) < 4.78 is 10.6. The summed E-state index contributed by atoms with van der Waals surface area (Å²) in [6.07, 6.45) is -0.144. The molecule has 0 radical (unpaired) electrons. The van der Waals surface area contributed by atoms with Crippen LogP contribution in [0.4, 0.5) is 0 Å². The standard InChI is InChI=1S/C16H19NO3S/c1-4-19-13-7-5-12(6-8-13)14-9-21-10-15(17-14)16(18)20-11(2)3/h5-8,10-11H,4,9H2,1-3H3. The van der Waals surface area contributed by atoms with Crippen molar-refractivity contribution in [3.63, 3.8) is 0 Å². The van der Waals surface area contributed by atoms with Crippen molar-refractivity contribution in [1.82, 2.24) is 0 Å². The first-order valence-electron chi connectivity index (χ1n) is 6.93. The maximum atomic E-state index is 11.9. The molecule has 1 aromatic rings. The van der Waals surface area contributed by atoms with Crippen LogP contribution in [-0.4, -0.2) is 30.1 Å². The van der Waals surface area contributed by atoms with Gasteiger partial charge in [0.05, 0.1) is 18.4 Å². The summed E-state index contributed by atoms with van der Waals surface area (Å²) in [7, 11) is 0. The highest BCUT2D eigenvalue weighted by Gasteiger charge is 2.17. The Labute approximate surface area is 129 Å². The Morgan fingerprint density at radius 3 is 2.67 bits per heavy atom. The first-order valence-corrected chi connectivity index (χ1v) is 7.98. The Hall–Kier alpha value is -1.75. The largest absolute Gasteiger partial charge is 0.494 e. The molecular weight excluding hydrogens is 286 g/mol. The average Bonchev–Trinajstić information content (AvgIpc) is 2.48. The first-order chi connectivity index (χ1) is 10.1. The fraction of sp³-hybridized carbons (Fsp3) is 0.375. The van der Waals surface area contributed by atoms with Crippen LogP contribution in [0.25, 0.3) is 0 Å². The van der Waals surface area contributed by atoms with E-state index < -0.39 is 0 Å². The molecule has 0 spiro atoms. The molecule has 1 aliphatic heterocycles. The van der Waals surface area contributed by atoms with E-state index in [1.54, 1.807) is 17.2 Å². The second kappa shape index (κ2) is 7.31. The highest BCUT2D eigenvalue weighted by atomic mass is 32.2. The summed E-state index contributed by atoms with van der Waals surface area (Å²) in [5.41, 5.74) is 2.24. The number of hydrogen-bond donors (Lipinski definition) is 0. The Kier molecular flexibility index (Phi) is 5.44. The normalized spacial score (nSPS) is 14.5. The molecule has 0 N–H and O–H groups in total. The number of hydrogen-bond acceptors (Lipinski definition) is 5. The highest BCUT2D eigenvalue weighted by molar-refractivity contribution is 8.02. The molecule has 0 amide bonds. The second-order valence-electron chi connectivity index (χ2n) is 4.78. The molecule has 0 aliphatic carbocycles. The number of aliphatic imine (C=N–C) groups is 1. The van der Waals surface area contributed by atoms with E-state index in [4.69, 9.17) is 9.47 Å². The number of ether oxygens (including phenoxy) is 2. The second-order valence-corrected chi connectivity index (χ2v) is 5.64.